The molecule has 7 heteroatoms. The number of hydrogen-bond acceptors (Lipinski definition) is 4. The highest BCUT2D eigenvalue weighted by Crippen LogP contribution is 2.40. The number of benzene rings is 2. The van der Waals surface area contributed by atoms with Crippen LogP contribution in [0.3, 0.4) is 0 Å². The molecule has 0 saturated heterocycles. The Morgan fingerprint density at radius 3 is 2.68 bits per heavy atom. The van der Waals surface area contributed by atoms with Crippen LogP contribution in [0.15, 0.2) is 42.5 Å². The third-order valence-corrected chi connectivity index (χ3v) is 3.99. The van der Waals surface area contributed by atoms with Crippen molar-refractivity contribution in [1.29, 1.82) is 0 Å². The Kier molecular flexibility index (Phi) is 4.74. The van der Waals surface area contributed by atoms with Crippen molar-refractivity contribution in [1.82, 2.24) is 5.32 Å². The molecule has 3 rings (SSSR count). The number of anilines is 1. The number of nitrogens with zero attached hydrogens (tertiary/aromatic N) is 1. The van der Waals surface area contributed by atoms with E-state index >= 15 is 0 Å². The maximum Gasteiger partial charge on any atom is 0.387 e. The topological polar surface area (TPSA) is 50.8 Å². The van der Waals surface area contributed by atoms with Gasteiger partial charge in [0.05, 0.1) is 17.9 Å². The second-order valence-corrected chi connectivity index (χ2v) is 5.49. The fourth-order valence-electron chi connectivity index (χ4n) is 2.93. The average molecular weight is 348 g/mol. The fourth-order valence-corrected chi connectivity index (χ4v) is 2.93. The van der Waals surface area contributed by atoms with Crippen LogP contribution in [-0.4, -0.2) is 26.2 Å². The molecule has 1 aliphatic rings. The molecule has 5 nitrogen and oxygen atoms in total. The van der Waals surface area contributed by atoms with E-state index in [2.05, 4.69) is 5.32 Å². The van der Waals surface area contributed by atoms with Gasteiger partial charge in [-0.15, -0.1) is 0 Å². The molecule has 0 bridgehead atoms. The molecule has 0 radical (unpaired) electrons. The molecule has 132 valence electrons. The number of rotatable bonds is 5. The number of hydrogen-bond donors (Lipinski definition) is 1. The number of ether oxygens (including phenoxy) is 2. The first-order chi connectivity index (χ1) is 12.0. The predicted octanol–water partition coefficient (Wildman–Crippen LogP) is 3.57. The lowest BCUT2D eigenvalue weighted by atomic mass is 10.0. The van der Waals surface area contributed by atoms with Gasteiger partial charge in [0.1, 0.15) is 6.17 Å². The quantitative estimate of drug-likeness (QED) is 0.898. The minimum Gasteiger partial charge on any atom is -0.490 e. The Morgan fingerprint density at radius 2 is 1.96 bits per heavy atom. The van der Waals surface area contributed by atoms with Crippen molar-refractivity contribution in [2.75, 3.05) is 18.6 Å². The number of halogens is 2. The lowest BCUT2D eigenvalue weighted by molar-refractivity contribution is -0.0523. The molecule has 25 heavy (non-hydrogen) atoms. The van der Waals surface area contributed by atoms with E-state index in [9.17, 15) is 13.6 Å². The number of fused-ring (bicyclic) bond motifs is 1. The van der Waals surface area contributed by atoms with Gasteiger partial charge in [-0.25, -0.2) is 0 Å². The van der Waals surface area contributed by atoms with Gasteiger partial charge in [-0.1, -0.05) is 24.3 Å². The summed E-state index contributed by atoms with van der Waals surface area (Å²) in [6.07, 6.45) is -0.656. The summed E-state index contributed by atoms with van der Waals surface area (Å²) in [5.74, 6) is -0.138. The normalized spacial score (nSPS) is 16.4. The minimum absolute atomic E-state index is 0.0733. The molecular weight excluding hydrogens is 330 g/mol. The summed E-state index contributed by atoms with van der Waals surface area (Å²) in [4.78, 5) is 14.2. The third-order valence-electron chi connectivity index (χ3n) is 3.99. The Bertz CT molecular complexity index is 783. The van der Waals surface area contributed by atoms with Gasteiger partial charge in [-0.3, -0.25) is 4.79 Å². The van der Waals surface area contributed by atoms with Crippen molar-refractivity contribution in [3.8, 4) is 11.5 Å². The van der Waals surface area contributed by atoms with E-state index in [1.54, 1.807) is 55.3 Å². The molecule has 1 amide bonds. The molecule has 1 aliphatic heterocycles. The van der Waals surface area contributed by atoms with Gasteiger partial charge < -0.3 is 19.7 Å². The van der Waals surface area contributed by atoms with Crippen molar-refractivity contribution in [3.63, 3.8) is 0 Å². The molecule has 0 aromatic heterocycles. The van der Waals surface area contributed by atoms with E-state index in [1.165, 1.54) is 0 Å². The number of para-hydroxylation sites is 2. The van der Waals surface area contributed by atoms with E-state index < -0.39 is 12.8 Å². The van der Waals surface area contributed by atoms with Crippen molar-refractivity contribution < 1.29 is 23.0 Å². The molecular formula is C18H18F2N2O3. The maximum atomic E-state index is 12.9. The van der Waals surface area contributed by atoms with Crippen LogP contribution in [-0.2, 0) is 0 Å². The van der Waals surface area contributed by atoms with Crippen LogP contribution in [0.2, 0.25) is 0 Å². The first-order valence-corrected chi connectivity index (χ1v) is 7.86. The summed E-state index contributed by atoms with van der Waals surface area (Å²) < 4.78 is 36.0. The summed E-state index contributed by atoms with van der Waals surface area (Å²) in [5, 5.41) is 2.83. The van der Waals surface area contributed by atoms with E-state index in [1.807, 2.05) is 6.07 Å². The van der Waals surface area contributed by atoms with Crippen molar-refractivity contribution in [3.05, 3.63) is 53.6 Å². The number of carbonyl (C=O) groups is 1. The molecule has 2 aromatic rings. The Balaban J connectivity index is 2.07. The Morgan fingerprint density at radius 1 is 1.20 bits per heavy atom. The smallest absolute Gasteiger partial charge is 0.387 e. The molecule has 0 fully saturated rings. The lowest BCUT2D eigenvalue weighted by Crippen LogP contribution is -2.44. The molecule has 1 heterocycles. The van der Waals surface area contributed by atoms with Crippen LogP contribution in [0.4, 0.5) is 14.5 Å². The van der Waals surface area contributed by atoms with Crippen molar-refractivity contribution in [2.45, 2.75) is 19.7 Å². The van der Waals surface area contributed by atoms with Crippen LogP contribution < -0.4 is 19.7 Å². The van der Waals surface area contributed by atoms with Crippen molar-refractivity contribution in [2.24, 2.45) is 0 Å². The number of alkyl halides is 2. The van der Waals surface area contributed by atoms with Crippen LogP contribution in [0, 0.1) is 0 Å². The largest absolute Gasteiger partial charge is 0.490 e. The number of carbonyl (C=O) groups excluding carboxylic acids is 1. The van der Waals surface area contributed by atoms with Crippen LogP contribution in [0.5, 0.6) is 11.5 Å². The highest BCUT2D eigenvalue weighted by molar-refractivity contribution is 6.02. The fraction of sp³-hybridized carbons (Fsp3) is 0.278. The third kappa shape index (κ3) is 3.22. The summed E-state index contributed by atoms with van der Waals surface area (Å²) in [5.41, 5.74) is 1.64. The molecule has 1 N–H and O–H groups in total. The van der Waals surface area contributed by atoms with Gasteiger partial charge >= 0.3 is 6.61 Å². The lowest BCUT2D eigenvalue weighted by Gasteiger charge is -2.37. The zero-order valence-electron chi connectivity index (χ0n) is 13.8. The van der Waals surface area contributed by atoms with E-state index in [0.29, 0.717) is 23.4 Å². The van der Waals surface area contributed by atoms with Gasteiger partial charge in [0.2, 0.25) is 0 Å². The van der Waals surface area contributed by atoms with Crippen LogP contribution in [0.25, 0.3) is 0 Å². The summed E-state index contributed by atoms with van der Waals surface area (Å²) in [6, 6.07) is 12.0. The van der Waals surface area contributed by atoms with E-state index in [-0.39, 0.29) is 17.4 Å². The second kappa shape index (κ2) is 6.96. The second-order valence-electron chi connectivity index (χ2n) is 5.49. The molecule has 1 atom stereocenters. The summed E-state index contributed by atoms with van der Waals surface area (Å²) >= 11 is 0. The Labute approximate surface area is 144 Å². The van der Waals surface area contributed by atoms with Gasteiger partial charge in [0.25, 0.3) is 5.91 Å². The average Bonchev–Trinajstić information content (AvgIpc) is 2.60. The molecule has 0 spiro atoms. The van der Waals surface area contributed by atoms with E-state index in [0.717, 1.165) is 0 Å². The molecule has 2 aromatic carbocycles. The molecule has 0 unspecified atom stereocenters. The van der Waals surface area contributed by atoms with Gasteiger partial charge in [0, 0.05) is 12.6 Å². The van der Waals surface area contributed by atoms with Crippen LogP contribution in [0.1, 0.15) is 29.0 Å². The standard InChI is InChI=1S/C18H18F2N2O3/c1-3-24-14-10-6-8-12(15(14)25-18(19)20)16-21-17(23)11-7-4-5-9-13(11)22(16)2/h4-10,16,18H,3H2,1-2H3,(H,21,23)/t16-/m1/s1. The predicted molar refractivity (Wildman–Crippen MR) is 89.3 cm³/mol. The van der Waals surface area contributed by atoms with E-state index in [4.69, 9.17) is 9.47 Å². The molecule has 0 aliphatic carbocycles. The monoisotopic (exact) mass is 348 g/mol. The number of amides is 1. The van der Waals surface area contributed by atoms with Crippen molar-refractivity contribution >= 4 is 11.6 Å². The number of nitrogens with one attached hydrogen (secondary N) is 1. The zero-order chi connectivity index (χ0) is 18.0. The highest BCUT2D eigenvalue weighted by Gasteiger charge is 2.32. The van der Waals surface area contributed by atoms with Crippen LogP contribution >= 0.6 is 0 Å². The molecule has 0 saturated carbocycles. The maximum absolute atomic E-state index is 12.9. The highest BCUT2D eigenvalue weighted by atomic mass is 19.3. The van der Waals surface area contributed by atoms with Gasteiger partial charge in [-0.05, 0) is 25.1 Å². The van der Waals surface area contributed by atoms with Gasteiger partial charge in [0.15, 0.2) is 11.5 Å². The SMILES string of the molecule is CCOc1cccc([C@@H]2NC(=O)c3ccccc3N2C)c1OC(F)F. The summed E-state index contributed by atoms with van der Waals surface area (Å²) in [6.45, 7) is -0.945. The Hall–Kier alpha value is -2.83. The minimum atomic E-state index is -3.00. The zero-order valence-corrected chi connectivity index (χ0v) is 13.8. The first-order valence-electron chi connectivity index (χ1n) is 7.86. The summed E-state index contributed by atoms with van der Waals surface area (Å²) in [7, 11) is 1.78. The van der Waals surface area contributed by atoms with Gasteiger partial charge in [-0.2, -0.15) is 8.78 Å². The first kappa shape index (κ1) is 17.0.